The molecule has 0 heterocycles. The zero-order valence-corrected chi connectivity index (χ0v) is 12.9. The molecule has 0 radical (unpaired) electrons. The molecule has 1 fully saturated rings. The molecule has 1 aliphatic carbocycles. The molecule has 0 N–H and O–H groups in total. The van der Waals surface area contributed by atoms with Gasteiger partial charge in [-0.25, -0.2) is 0 Å². The van der Waals surface area contributed by atoms with Crippen LogP contribution in [0.1, 0.15) is 59.3 Å². The highest BCUT2D eigenvalue weighted by Gasteiger charge is 2.24. The van der Waals surface area contributed by atoms with Gasteiger partial charge in [0.25, 0.3) is 0 Å². The standard InChI is InChI=1S/C15H31NS/c1-4-14(12-17)11-16(10-9-13(2)3)15-7-5-6-8-15/h13-15,17H,4-12H2,1-3H3. The van der Waals surface area contributed by atoms with Gasteiger partial charge >= 0.3 is 0 Å². The van der Waals surface area contributed by atoms with E-state index in [0.717, 1.165) is 23.6 Å². The summed E-state index contributed by atoms with van der Waals surface area (Å²) in [5, 5.41) is 0. The maximum atomic E-state index is 4.49. The summed E-state index contributed by atoms with van der Waals surface area (Å²) >= 11 is 4.49. The van der Waals surface area contributed by atoms with E-state index in [9.17, 15) is 0 Å². The third-order valence-electron chi connectivity index (χ3n) is 4.16. The Kier molecular flexibility index (Phi) is 7.61. The van der Waals surface area contributed by atoms with E-state index in [0.29, 0.717) is 0 Å². The smallest absolute Gasteiger partial charge is 0.00953 e. The van der Waals surface area contributed by atoms with Crippen LogP contribution in [-0.2, 0) is 0 Å². The Labute approximate surface area is 114 Å². The predicted molar refractivity (Wildman–Crippen MR) is 80.9 cm³/mol. The predicted octanol–water partition coefficient (Wildman–Crippen LogP) is 4.23. The largest absolute Gasteiger partial charge is 0.300 e. The fourth-order valence-electron chi connectivity index (χ4n) is 2.76. The van der Waals surface area contributed by atoms with Gasteiger partial charge in [0, 0.05) is 12.6 Å². The van der Waals surface area contributed by atoms with Crippen LogP contribution in [0.5, 0.6) is 0 Å². The van der Waals surface area contributed by atoms with Crippen molar-refractivity contribution >= 4 is 12.6 Å². The monoisotopic (exact) mass is 257 g/mol. The van der Waals surface area contributed by atoms with E-state index >= 15 is 0 Å². The van der Waals surface area contributed by atoms with Crippen LogP contribution in [0.25, 0.3) is 0 Å². The molecule has 0 aliphatic heterocycles. The average Bonchev–Trinajstić information content (AvgIpc) is 2.83. The molecule has 0 aromatic rings. The molecular weight excluding hydrogens is 226 g/mol. The molecule has 102 valence electrons. The van der Waals surface area contributed by atoms with E-state index in [1.807, 2.05) is 0 Å². The minimum atomic E-state index is 0.783. The molecule has 1 rings (SSSR count). The first-order chi connectivity index (χ1) is 8.17. The van der Waals surface area contributed by atoms with E-state index in [2.05, 4.69) is 38.3 Å². The molecule has 17 heavy (non-hydrogen) atoms. The Balaban J connectivity index is 2.45. The van der Waals surface area contributed by atoms with Crippen LogP contribution in [0.15, 0.2) is 0 Å². The normalized spacial score (nSPS) is 19.4. The maximum absolute atomic E-state index is 4.49. The van der Waals surface area contributed by atoms with E-state index in [1.165, 1.54) is 51.6 Å². The van der Waals surface area contributed by atoms with Crippen LogP contribution in [0.4, 0.5) is 0 Å². The zero-order chi connectivity index (χ0) is 12.7. The van der Waals surface area contributed by atoms with Crippen LogP contribution in [0, 0.1) is 11.8 Å². The average molecular weight is 257 g/mol. The summed E-state index contributed by atoms with van der Waals surface area (Å²) in [6.45, 7) is 9.55. The van der Waals surface area contributed by atoms with E-state index in [4.69, 9.17) is 0 Å². The molecule has 1 aliphatic rings. The first kappa shape index (κ1) is 15.4. The Morgan fingerprint density at radius 3 is 2.35 bits per heavy atom. The fraction of sp³-hybridized carbons (Fsp3) is 1.00. The Bertz CT molecular complexity index is 183. The molecule has 0 spiro atoms. The maximum Gasteiger partial charge on any atom is 0.00953 e. The SMILES string of the molecule is CCC(CS)CN(CCC(C)C)C1CCCC1. The van der Waals surface area contributed by atoms with Gasteiger partial charge in [0.05, 0.1) is 0 Å². The minimum Gasteiger partial charge on any atom is -0.300 e. The van der Waals surface area contributed by atoms with Gasteiger partial charge in [-0.1, -0.05) is 40.0 Å². The molecule has 1 unspecified atom stereocenters. The van der Waals surface area contributed by atoms with Gasteiger partial charge in [0.15, 0.2) is 0 Å². The van der Waals surface area contributed by atoms with Gasteiger partial charge in [-0.3, -0.25) is 0 Å². The second-order valence-electron chi connectivity index (χ2n) is 6.07. The summed E-state index contributed by atoms with van der Waals surface area (Å²) in [6, 6.07) is 0.877. The number of rotatable bonds is 8. The van der Waals surface area contributed by atoms with Crippen molar-refractivity contribution in [3.63, 3.8) is 0 Å². The Morgan fingerprint density at radius 2 is 1.88 bits per heavy atom. The summed E-state index contributed by atoms with van der Waals surface area (Å²) in [7, 11) is 0. The highest BCUT2D eigenvalue weighted by atomic mass is 32.1. The van der Waals surface area contributed by atoms with E-state index in [-0.39, 0.29) is 0 Å². The van der Waals surface area contributed by atoms with Crippen molar-refractivity contribution in [1.29, 1.82) is 0 Å². The number of hydrogen-bond donors (Lipinski definition) is 1. The first-order valence-electron chi connectivity index (χ1n) is 7.52. The molecule has 0 saturated heterocycles. The van der Waals surface area contributed by atoms with Crippen LogP contribution in [0.3, 0.4) is 0 Å². The van der Waals surface area contributed by atoms with Crippen molar-refractivity contribution < 1.29 is 0 Å². The highest BCUT2D eigenvalue weighted by Crippen LogP contribution is 2.25. The molecule has 0 aromatic heterocycles. The van der Waals surface area contributed by atoms with Gasteiger partial charge in [-0.05, 0) is 43.4 Å². The van der Waals surface area contributed by atoms with Crippen LogP contribution >= 0.6 is 12.6 Å². The Morgan fingerprint density at radius 1 is 1.24 bits per heavy atom. The lowest BCUT2D eigenvalue weighted by atomic mass is 10.0. The molecule has 1 atom stereocenters. The lowest BCUT2D eigenvalue weighted by molar-refractivity contribution is 0.163. The summed E-state index contributed by atoms with van der Waals surface area (Å²) in [4.78, 5) is 2.78. The lowest BCUT2D eigenvalue weighted by Crippen LogP contribution is -2.38. The van der Waals surface area contributed by atoms with Gasteiger partial charge in [-0.2, -0.15) is 12.6 Å². The third kappa shape index (κ3) is 5.65. The third-order valence-corrected chi connectivity index (χ3v) is 4.68. The quantitative estimate of drug-likeness (QED) is 0.637. The van der Waals surface area contributed by atoms with E-state index < -0.39 is 0 Å². The van der Waals surface area contributed by atoms with Crippen LogP contribution in [-0.4, -0.2) is 29.8 Å². The van der Waals surface area contributed by atoms with E-state index in [1.54, 1.807) is 0 Å². The fourth-order valence-corrected chi connectivity index (χ4v) is 3.14. The molecule has 1 saturated carbocycles. The molecule has 1 nitrogen and oxygen atoms in total. The van der Waals surface area contributed by atoms with Crippen molar-refractivity contribution in [2.75, 3.05) is 18.8 Å². The van der Waals surface area contributed by atoms with Crippen molar-refractivity contribution in [2.45, 2.75) is 65.3 Å². The van der Waals surface area contributed by atoms with Gasteiger partial charge in [0.1, 0.15) is 0 Å². The summed E-state index contributed by atoms with van der Waals surface area (Å²) in [5.41, 5.74) is 0. The lowest BCUT2D eigenvalue weighted by Gasteiger charge is -2.32. The summed E-state index contributed by atoms with van der Waals surface area (Å²) in [6.07, 6.45) is 8.37. The molecule has 0 amide bonds. The van der Waals surface area contributed by atoms with Crippen molar-refractivity contribution in [1.82, 2.24) is 4.90 Å². The minimum absolute atomic E-state index is 0.783. The topological polar surface area (TPSA) is 3.24 Å². The molecule has 0 bridgehead atoms. The van der Waals surface area contributed by atoms with Crippen LogP contribution in [0.2, 0.25) is 0 Å². The molecular formula is C15H31NS. The number of nitrogens with zero attached hydrogens (tertiary/aromatic N) is 1. The number of hydrogen-bond acceptors (Lipinski definition) is 2. The van der Waals surface area contributed by atoms with Crippen molar-refractivity contribution in [3.8, 4) is 0 Å². The summed E-state index contributed by atoms with van der Waals surface area (Å²) in [5.74, 6) is 2.66. The van der Waals surface area contributed by atoms with Crippen molar-refractivity contribution in [2.24, 2.45) is 11.8 Å². The second kappa shape index (κ2) is 8.42. The van der Waals surface area contributed by atoms with Gasteiger partial charge < -0.3 is 4.90 Å². The van der Waals surface area contributed by atoms with Gasteiger partial charge in [0.2, 0.25) is 0 Å². The highest BCUT2D eigenvalue weighted by molar-refractivity contribution is 7.80. The van der Waals surface area contributed by atoms with Crippen molar-refractivity contribution in [3.05, 3.63) is 0 Å². The Hall–Kier alpha value is 0.310. The summed E-state index contributed by atoms with van der Waals surface area (Å²) < 4.78 is 0. The first-order valence-corrected chi connectivity index (χ1v) is 8.15. The van der Waals surface area contributed by atoms with Gasteiger partial charge in [-0.15, -0.1) is 0 Å². The van der Waals surface area contributed by atoms with Crippen LogP contribution < -0.4 is 0 Å². The molecule has 0 aromatic carbocycles. The second-order valence-corrected chi connectivity index (χ2v) is 6.44. The number of thiol groups is 1. The molecule has 2 heteroatoms. The zero-order valence-electron chi connectivity index (χ0n) is 12.0.